The number of quaternary nitrogens is 1. The number of benzene rings is 2. The maximum absolute atomic E-state index is 5.75. The van der Waals surface area contributed by atoms with Crippen LogP contribution in [0.5, 0.6) is 0 Å². The molecule has 0 atom stereocenters. The van der Waals surface area contributed by atoms with Crippen LogP contribution in [0.3, 0.4) is 0 Å². The van der Waals surface area contributed by atoms with E-state index in [1.807, 2.05) is 0 Å². The van der Waals surface area contributed by atoms with Gasteiger partial charge < -0.3 is 16.0 Å². The molecule has 0 bridgehead atoms. The molecule has 0 unspecified atom stereocenters. The lowest BCUT2D eigenvalue weighted by Crippen LogP contribution is -2.73. The number of anilines is 1. The van der Waals surface area contributed by atoms with Crippen molar-refractivity contribution in [2.24, 2.45) is 5.73 Å². The van der Waals surface area contributed by atoms with E-state index in [0.717, 1.165) is 32.4 Å². The highest BCUT2D eigenvalue weighted by Crippen LogP contribution is 2.47. The van der Waals surface area contributed by atoms with Crippen LogP contribution in [-0.4, -0.2) is 20.1 Å². The molecule has 0 saturated carbocycles. The van der Waals surface area contributed by atoms with Gasteiger partial charge in [-0.3, -0.25) is 0 Å². The van der Waals surface area contributed by atoms with Crippen LogP contribution in [0.2, 0.25) is 0 Å². The number of hydrogen-bond acceptors (Lipinski definition) is 2. The van der Waals surface area contributed by atoms with Gasteiger partial charge in [-0.1, -0.05) is 88.4 Å². The molecule has 3 nitrogen and oxygen atoms in total. The Morgan fingerprint density at radius 2 is 1.70 bits per heavy atom. The number of nitrogens with zero attached hydrogens (tertiary/aromatic N) is 1. The molecule has 0 aliphatic carbocycles. The van der Waals surface area contributed by atoms with Gasteiger partial charge in [0.1, 0.15) is 5.69 Å². The number of hydrogen-bond donors (Lipinski definition) is 2. The fraction of sp³-hybridized carbons (Fsp3) is 0.400. The maximum Gasteiger partial charge on any atom is 0.133 e. The topological polar surface area (TPSA) is 45.9 Å². The van der Waals surface area contributed by atoms with Crippen molar-refractivity contribution in [1.82, 2.24) is 0 Å². The lowest BCUT2D eigenvalue weighted by molar-refractivity contribution is -0.540. The van der Waals surface area contributed by atoms with Gasteiger partial charge >= 0.3 is 0 Å². The highest BCUT2D eigenvalue weighted by Gasteiger charge is 2.39. The van der Waals surface area contributed by atoms with E-state index in [1.165, 1.54) is 28.2 Å². The zero-order chi connectivity index (χ0) is 23.9. The van der Waals surface area contributed by atoms with Crippen molar-refractivity contribution in [3.63, 3.8) is 0 Å². The van der Waals surface area contributed by atoms with E-state index in [2.05, 4.69) is 124 Å². The number of para-hydroxylation sites is 2. The second-order valence-electron chi connectivity index (χ2n) is 10.1. The molecule has 0 spiro atoms. The average molecular weight is 445 g/mol. The molecule has 2 aromatic rings. The van der Waals surface area contributed by atoms with E-state index >= 15 is 0 Å². The van der Waals surface area contributed by atoms with E-state index in [1.54, 1.807) is 0 Å². The zero-order valence-corrected chi connectivity index (χ0v) is 21.1. The minimum Gasteiger partial charge on any atom is -0.344 e. The number of unbranched alkanes of at least 4 members (excludes halogenated alkanes) is 1. The van der Waals surface area contributed by atoms with Crippen LogP contribution in [0, 0.1) is 0 Å². The molecule has 0 fully saturated rings. The van der Waals surface area contributed by atoms with Crippen molar-refractivity contribution in [2.45, 2.75) is 57.8 Å². The Balaban J connectivity index is 1.73. The Bertz CT molecular complexity index is 1010. The van der Waals surface area contributed by atoms with E-state index < -0.39 is 0 Å². The van der Waals surface area contributed by atoms with Crippen molar-refractivity contribution in [1.29, 1.82) is 0 Å². The molecule has 3 heteroatoms. The lowest BCUT2D eigenvalue weighted by atomic mass is 9.80. The van der Waals surface area contributed by atoms with Gasteiger partial charge in [-0.2, -0.15) is 0 Å². The Kier molecular flexibility index (Phi) is 8.34. The number of fused-ring (bicyclic) bond motifs is 1. The first-order chi connectivity index (χ1) is 15.8. The van der Waals surface area contributed by atoms with Gasteiger partial charge in [0.2, 0.25) is 0 Å². The first kappa shape index (κ1) is 25.0. The Morgan fingerprint density at radius 1 is 0.970 bits per heavy atom. The largest absolute Gasteiger partial charge is 0.344 e. The van der Waals surface area contributed by atoms with Crippen LogP contribution >= 0.6 is 0 Å². The van der Waals surface area contributed by atoms with Crippen molar-refractivity contribution in [3.8, 4) is 0 Å². The first-order valence-corrected chi connectivity index (χ1v) is 12.3. The molecule has 176 valence electrons. The summed E-state index contributed by atoms with van der Waals surface area (Å²) in [6.45, 7) is 11.1. The molecule has 0 radical (unpaired) electrons. The fourth-order valence-electron chi connectivity index (χ4n) is 4.92. The summed E-state index contributed by atoms with van der Waals surface area (Å²) in [6.07, 6.45) is 14.3. The standard InChI is InChI=1S/C30H41N3/c1-29(2,24-16-9-11-18-26(24)32-5)21-13-7-6-8-20-28-30(3,4)25-17-10-12-19-27(25)33(28)23-15-14-22-31/h6-13,16-20,32H,14-15,21-23,31H2,1-5H3/p+1/b8-6+,13-7+,28-20+. The molecule has 3 rings (SSSR count). The molecule has 33 heavy (non-hydrogen) atoms. The smallest absolute Gasteiger partial charge is 0.133 e. The van der Waals surface area contributed by atoms with E-state index in [4.69, 9.17) is 5.73 Å². The summed E-state index contributed by atoms with van der Waals surface area (Å²) < 4.78 is 0. The zero-order valence-electron chi connectivity index (χ0n) is 21.1. The molecular formula is C30H42N3+. The third-order valence-corrected chi connectivity index (χ3v) is 6.88. The quantitative estimate of drug-likeness (QED) is 0.280. The summed E-state index contributed by atoms with van der Waals surface area (Å²) in [6, 6.07) is 17.5. The molecule has 1 aliphatic rings. The van der Waals surface area contributed by atoms with E-state index in [0.29, 0.717) is 0 Å². The lowest BCUT2D eigenvalue weighted by Gasteiger charge is -2.27. The molecule has 4 N–H and O–H groups in total. The van der Waals surface area contributed by atoms with Crippen molar-refractivity contribution < 1.29 is 5.32 Å². The maximum atomic E-state index is 5.75. The van der Waals surface area contributed by atoms with Gasteiger partial charge in [0.15, 0.2) is 0 Å². The normalized spacial score (nSPS) is 16.9. The number of nitrogens with two attached hydrogens (primary N) is 2. The number of allylic oxidation sites excluding steroid dienone is 6. The first-order valence-electron chi connectivity index (χ1n) is 12.3. The number of rotatable bonds is 10. The van der Waals surface area contributed by atoms with Gasteiger partial charge in [0.25, 0.3) is 0 Å². The molecule has 0 aromatic heterocycles. The third kappa shape index (κ3) is 5.66. The fourth-order valence-corrected chi connectivity index (χ4v) is 4.92. The van der Waals surface area contributed by atoms with E-state index in [9.17, 15) is 0 Å². The summed E-state index contributed by atoms with van der Waals surface area (Å²) in [5, 5.41) is 2.20. The third-order valence-electron chi connectivity index (χ3n) is 6.88. The second kappa shape index (κ2) is 11.0. The highest BCUT2D eigenvalue weighted by molar-refractivity contribution is 5.70. The summed E-state index contributed by atoms with van der Waals surface area (Å²) in [4.78, 5) is 2.49. The molecule has 0 amide bonds. The van der Waals surface area contributed by atoms with Crippen LogP contribution in [0.4, 0.5) is 11.4 Å². The van der Waals surface area contributed by atoms with Crippen LogP contribution in [-0.2, 0) is 10.8 Å². The van der Waals surface area contributed by atoms with Gasteiger partial charge in [-0.15, -0.1) is 0 Å². The monoisotopic (exact) mass is 444 g/mol. The van der Waals surface area contributed by atoms with Crippen molar-refractivity contribution in [3.05, 3.63) is 95.7 Å². The van der Waals surface area contributed by atoms with Gasteiger partial charge in [-0.25, -0.2) is 0 Å². The molecule has 1 heterocycles. The minimum absolute atomic E-state index is 0.00425. The van der Waals surface area contributed by atoms with Crippen LogP contribution < -0.4 is 16.0 Å². The minimum atomic E-state index is -0.00425. The van der Waals surface area contributed by atoms with Crippen LogP contribution in [0.15, 0.2) is 84.6 Å². The van der Waals surface area contributed by atoms with Gasteiger partial charge in [-0.05, 0) is 55.0 Å². The summed E-state index contributed by atoms with van der Waals surface area (Å²) in [7, 11) is 2.11. The Hall–Kier alpha value is -2.62. The molecule has 2 aromatic carbocycles. The molecule has 1 aliphatic heterocycles. The van der Waals surface area contributed by atoms with Crippen LogP contribution in [0.25, 0.3) is 0 Å². The SMILES string of the molecule is C[NH2+]c1ccccc1C(C)(C)C/C=C/C=C/C=C1/N(CCCCN)c2ccccc2C1(C)C. The highest BCUT2D eigenvalue weighted by atomic mass is 15.2. The van der Waals surface area contributed by atoms with Crippen molar-refractivity contribution >= 4 is 11.4 Å². The molecular weight excluding hydrogens is 402 g/mol. The van der Waals surface area contributed by atoms with Gasteiger partial charge in [0.05, 0.1) is 7.05 Å². The molecule has 0 saturated heterocycles. The van der Waals surface area contributed by atoms with Gasteiger partial charge in [0, 0.05) is 28.9 Å². The second-order valence-corrected chi connectivity index (χ2v) is 10.1. The summed E-state index contributed by atoms with van der Waals surface area (Å²) in [5.41, 5.74) is 12.7. The van der Waals surface area contributed by atoms with E-state index in [-0.39, 0.29) is 10.8 Å². The van der Waals surface area contributed by atoms with Crippen molar-refractivity contribution in [2.75, 3.05) is 25.0 Å². The van der Waals surface area contributed by atoms with Crippen LogP contribution in [0.1, 0.15) is 58.1 Å². The Labute approximate surface area is 201 Å². The average Bonchev–Trinajstić information content (AvgIpc) is 3.02. The Morgan fingerprint density at radius 3 is 2.45 bits per heavy atom. The summed E-state index contributed by atoms with van der Waals surface area (Å²) >= 11 is 0. The predicted molar refractivity (Wildman–Crippen MR) is 143 cm³/mol. The predicted octanol–water partition coefficient (Wildman–Crippen LogP) is 5.71. The summed E-state index contributed by atoms with van der Waals surface area (Å²) in [5.74, 6) is 0.